The lowest BCUT2D eigenvalue weighted by Gasteiger charge is -2.61. The quantitative estimate of drug-likeness (QED) is 0.537. The molecule has 0 aromatic rings. The van der Waals surface area contributed by atoms with Gasteiger partial charge in [-0.1, -0.05) is 32.4 Å². The first-order chi connectivity index (χ1) is 13.6. The second-order valence-corrected chi connectivity index (χ2v) is 11.0. The van der Waals surface area contributed by atoms with Crippen LogP contribution in [0.4, 0.5) is 0 Å². The second-order valence-electron chi connectivity index (χ2n) is 11.0. The van der Waals surface area contributed by atoms with Gasteiger partial charge < -0.3 is 20.4 Å². The Morgan fingerprint density at radius 3 is 2.59 bits per heavy atom. The molecule has 3 saturated carbocycles. The van der Waals surface area contributed by atoms with Crippen LogP contribution in [0.1, 0.15) is 72.1 Å². The number of aliphatic hydroxyl groups is 3. The molecule has 4 aliphatic rings. The van der Waals surface area contributed by atoms with Gasteiger partial charge in [-0.3, -0.25) is 4.79 Å². The summed E-state index contributed by atoms with van der Waals surface area (Å²) in [5, 5.41) is 41.9. The first-order valence-corrected chi connectivity index (χ1v) is 11.6. The molecule has 4 aliphatic carbocycles. The number of aliphatic hydroxyl groups excluding tert-OH is 3. The third-order valence-electron chi connectivity index (χ3n) is 9.78. The molecule has 0 aromatic heterocycles. The molecular weight excluding hydrogens is 368 g/mol. The van der Waals surface area contributed by atoms with Crippen molar-refractivity contribution in [2.45, 2.75) is 90.4 Å². The van der Waals surface area contributed by atoms with Gasteiger partial charge in [0.1, 0.15) is 0 Å². The summed E-state index contributed by atoms with van der Waals surface area (Å²) in [5.41, 5.74) is 0.874. The number of carboxylic acids is 1. The van der Waals surface area contributed by atoms with Crippen molar-refractivity contribution in [2.75, 3.05) is 0 Å². The largest absolute Gasteiger partial charge is 0.481 e. The zero-order valence-corrected chi connectivity index (χ0v) is 18.1. The maximum absolute atomic E-state index is 11.5. The van der Waals surface area contributed by atoms with Gasteiger partial charge in [0.05, 0.1) is 18.3 Å². The Hall–Kier alpha value is -0.910. The van der Waals surface area contributed by atoms with Gasteiger partial charge in [0.2, 0.25) is 0 Å². The van der Waals surface area contributed by atoms with Crippen molar-refractivity contribution < 1.29 is 25.2 Å². The molecule has 0 amide bonds. The highest BCUT2D eigenvalue weighted by Gasteiger charge is 2.64. The van der Waals surface area contributed by atoms with E-state index in [0.717, 1.165) is 25.7 Å². The van der Waals surface area contributed by atoms with E-state index in [2.05, 4.69) is 20.8 Å². The molecule has 0 aliphatic heterocycles. The van der Waals surface area contributed by atoms with Crippen molar-refractivity contribution in [1.82, 2.24) is 0 Å². The average molecular weight is 407 g/mol. The van der Waals surface area contributed by atoms with Crippen LogP contribution >= 0.6 is 0 Å². The van der Waals surface area contributed by atoms with E-state index in [1.54, 1.807) is 0 Å². The van der Waals surface area contributed by atoms with Crippen molar-refractivity contribution >= 4 is 5.97 Å². The van der Waals surface area contributed by atoms with E-state index >= 15 is 0 Å². The molecule has 164 valence electrons. The minimum atomic E-state index is -0.756. The van der Waals surface area contributed by atoms with E-state index in [4.69, 9.17) is 5.11 Å². The Bertz CT molecular complexity index is 689. The summed E-state index contributed by atoms with van der Waals surface area (Å²) in [7, 11) is 0. The number of hydrogen-bond acceptors (Lipinski definition) is 4. The van der Waals surface area contributed by atoms with Crippen molar-refractivity contribution in [3.63, 3.8) is 0 Å². The lowest BCUT2D eigenvalue weighted by atomic mass is 9.45. The molecule has 29 heavy (non-hydrogen) atoms. The Labute approximate surface area is 174 Å². The monoisotopic (exact) mass is 406 g/mol. The normalized spacial score (nSPS) is 50.1. The van der Waals surface area contributed by atoms with Gasteiger partial charge in [-0.15, -0.1) is 0 Å². The van der Waals surface area contributed by atoms with Gasteiger partial charge in [0.25, 0.3) is 0 Å². The Morgan fingerprint density at radius 2 is 1.90 bits per heavy atom. The van der Waals surface area contributed by atoms with Crippen LogP contribution in [0.15, 0.2) is 11.6 Å². The molecule has 0 bridgehead atoms. The van der Waals surface area contributed by atoms with Crippen molar-refractivity contribution in [3.05, 3.63) is 11.6 Å². The topological polar surface area (TPSA) is 98.0 Å². The highest BCUT2D eigenvalue weighted by atomic mass is 16.4. The Balaban J connectivity index is 1.64. The minimum absolute atomic E-state index is 0.0432. The predicted molar refractivity (Wildman–Crippen MR) is 110 cm³/mol. The first-order valence-electron chi connectivity index (χ1n) is 11.6. The van der Waals surface area contributed by atoms with E-state index < -0.39 is 18.2 Å². The van der Waals surface area contributed by atoms with Gasteiger partial charge in [-0.2, -0.15) is 0 Å². The van der Waals surface area contributed by atoms with Gasteiger partial charge in [0, 0.05) is 6.42 Å². The Kier molecular flexibility index (Phi) is 5.40. The van der Waals surface area contributed by atoms with E-state index in [1.165, 1.54) is 5.57 Å². The van der Waals surface area contributed by atoms with Crippen molar-refractivity contribution in [1.29, 1.82) is 0 Å². The molecule has 0 aromatic carbocycles. The summed E-state index contributed by atoms with van der Waals surface area (Å²) in [6, 6.07) is 0. The lowest BCUT2D eigenvalue weighted by molar-refractivity contribution is -0.158. The van der Waals surface area contributed by atoms with Gasteiger partial charge in [-0.05, 0) is 85.4 Å². The first kappa shape index (κ1) is 21.3. The van der Waals surface area contributed by atoms with E-state index in [0.29, 0.717) is 25.2 Å². The fourth-order valence-corrected chi connectivity index (χ4v) is 8.12. The fraction of sp³-hybridized carbons (Fsp3) is 0.875. The maximum Gasteiger partial charge on any atom is 0.303 e. The zero-order chi connectivity index (χ0) is 21.1. The van der Waals surface area contributed by atoms with Gasteiger partial charge in [0.15, 0.2) is 0 Å². The summed E-state index contributed by atoms with van der Waals surface area (Å²) in [4.78, 5) is 11.1. The number of rotatable bonds is 4. The minimum Gasteiger partial charge on any atom is -0.481 e. The highest BCUT2D eigenvalue weighted by molar-refractivity contribution is 5.66. The molecule has 3 fully saturated rings. The van der Waals surface area contributed by atoms with Crippen LogP contribution in [-0.4, -0.2) is 44.7 Å². The van der Waals surface area contributed by atoms with E-state index in [9.17, 15) is 20.1 Å². The van der Waals surface area contributed by atoms with Crippen LogP contribution in [0.5, 0.6) is 0 Å². The maximum atomic E-state index is 11.5. The van der Waals surface area contributed by atoms with Gasteiger partial charge >= 0.3 is 5.97 Å². The van der Waals surface area contributed by atoms with Crippen LogP contribution in [0.2, 0.25) is 0 Å². The predicted octanol–water partition coefficient (Wildman–Crippen LogP) is 3.37. The van der Waals surface area contributed by atoms with Crippen LogP contribution in [0.3, 0.4) is 0 Å². The third kappa shape index (κ3) is 3.19. The number of aliphatic carboxylic acids is 1. The second kappa shape index (κ2) is 7.35. The average Bonchev–Trinajstić information content (AvgIpc) is 3.01. The molecule has 5 nitrogen and oxygen atoms in total. The third-order valence-corrected chi connectivity index (χ3v) is 9.78. The number of hydrogen-bond donors (Lipinski definition) is 4. The van der Waals surface area contributed by atoms with Crippen LogP contribution in [-0.2, 0) is 4.79 Å². The molecule has 0 heterocycles. The van der Waals surface area contributed by atoms with E-state index in [1.807, 2.05) is 6.08 Å². The summed E-state index contributed by atoms with van der Waals surface area (Å²) < 4.78 is 0. The van der Waals surface area contributed by atoms with Crippen molar-refractivity contribution in [2.24, 2.45) is 40.4 Å². The smallest absolute Gasteiger partial charge is 0.303 e. The molecule has 4 N–H and O–H groups in total. The highest BCUT2D eigenvalue weighted by Crippen LogP contribution is 2.67. The van der Waals surface area contributed by atoms with Crippen LogP contribution in [0, 0.1) is 40.4 Å². The number of carbonyl (C=O) groups is 1. The van der Waals surface area contributed by atoms with Crippen molar-refractivity contribution in [3.8, 4) is 0 Å². The molecule has 5 heteroatoms. The zero-order valence-electron chi connectivity index (χ0n) is 18.1. The molecular formula is C24H38O5. The molecule has 0 unspecified atom stereocenters. The van der Waals surface area contributed by atoms with Gasteiger partial charge in [-0.25, -0.2) is 0 Å². The summed E-state index contributed by atoms with van der Waals surface area (Å²) >= 11 is 0. The molecule has 0 spiro atoms. The van der Waals surface area contributed by atoms with Crippen LogP contribution in [0.25, 0.3) is 0 Å². The number of carboxylic acid groups (broad SMARTS) is 1. The van der Waals surface area contributed by atoms with E-state index in [-0.39, 0.29) is 47.0 Å². The lowest BCUT2D eigenvalue weighted by Crippen LogP contribution is -2.59. The summed E-state index contributed by atoms with van der Waals surface area (Å²) in [6.07, 6.45) is 6.64. The summed E-state index contributed by atoms with van der Waals surface area (Å²) in [6.45, 7) is 6.62. The number of fused-ring (bicyclic) bond motifs is 5. The molecule has 10 atom stereocenters. The SMILES string of the molecule is C[C@@H](CCC(=O)O)[C@@H]1CC[C@@H]2[C@H]3[C@H](O)C=C4C[C@@H](O)CC[C@]4(C)[C@@H]3C[C@@H](O)[C@]21C. The molecule has 0 saturated heterocycles. The summed E-state index contributed by atoms with van der Waals surface area (Å²) in [5.74, 6) is 0.426. The molecule has 0 radical (unpaired) electrons. The Morgan fingerprint density at radius 1 is 1.17 bits per heavy atom. The standard InChI is InChI=1S/C24H38O5/c1-13(4-7-21(28)29)16-5-6-17-22-18(12-20(27)24(16,17)3)23(2)9-8-15(25)10-14(23)11-19(22)26/h11,13,15-20,22,25-27H,4-10,12H2,1-3H3,(H,28,29)/t13-,15-,16-,17+,18+,19+,20+,22+,23-,24-/m0/s1. The fourth-order valence-electron chi connectivity index (χ4n) is 8.12. The van der Waals surface area contributed by atoms with Crippen LogP contribution < -0.4 is 0 Å². The molecule has 4 rings (SSSR count).